The molecule has 1 aliphatic rings. The van der Waals surface area contributed by atoms with Crippen molar-refractivity contribution in [3.8, 4) is 0 Å². The van der Waals surface area contributed by atoms with E-state index in [1.807, 2.05) is 0 Å². The summed E-state index contributed by atoms with van der Waals surface area (Å²) in [6.45, 7) is 16.5. The lowest BCUT2D eigenvalue weighted by Gasteiger charge is -2.37. The summed E-state index contributed by atoms with van der Waals surface area (Å²) < 4.78 is 11.1. The highest BCUT2D eigenvalue weighted by Gasteiger charge is 2.33. The molecule has 1 heterocycles. The summed E-state index contributed by atoms with van der Waals surface area (Å²) >= 11 is 0. The van der Waals surface area contributed by atoms with Crippen LogP contribution in [-0.2, 0) is 9.47 Å². The van der Waals surface area contributed by atoms with Crippen LogP contribution >= 0.6 is 0 Å². The monoisotopic (exact) mass is 194 g/mol. The van der Waals surface area contributed by atoms with Gasteiger partial charge in [0.1, 0.15) is 0 Å². The average molecular weight is 194 g/mol. The van der Waals surface area contributed by atoms with E-state index in [0.717, 1.165) is 6.42 Å². The van der Waals surface area contributed by atoms with Gasteiger partial charge in [0.15, 0.2) is 0 Å². The molecule has 1 atom stereocenters. The maximum absolute atomic E-state index is 5.91. The summed E-state index contributed by atoms with van der Waals surface area (Å²) in [5, 5.41) is 0. The molecule has 0 saturated carbocycles. The Morgan fingerprint density at radius 2 is 1.93 bits per heavy atom. The zero-order chi connectivity index (χ0) is 10.6. The summed E-state index contributed by atoms with van der Waals surface area (Å²) in [4.78, 5) is 0. The smallest absolute Gasteiger partial charge is 0.207 e. The zero-order valence-corrected chi connectivity index (χ0v) is 8.74. The Kier molecular flexibility index (Phi) is 3.90. The van der Waals surface area contributed by atoms with Gasteiger partial charge >= 0.3 is 0 Å². The summed E-state index contributed by atoms with van der Waals surface area (Å²) in [6, 6.07) is 0. The average Bonchev–Trinajstić information content (AvgIpc) is 2.28. The lowest BCUT2D eigenvalue weighted by molar-refractivity contribution is -0.230. The largest absolute Gasteiger partial charge is 0.343 e. The fourth-order valence-corrected chi connectivity index (χ4v) is 1.46. The van der Waals surface area contributed by atoms with Crippen LogP contribution in [0.3, 0.4) is 0 Å². The molecule has 0 bridgehead atoms. The summed E-state index contributed by atoms with van der Waals surface area (Å²) in [5.74, 6) is -0.389. The molecule has 0 amide bonds. The van der Waals surface area contributed by atoms with Gasteiger partial charge in [-0.25, -0.2) is 0 Å². The zero-order valence-electron chi connectivity index (χ0n) is 8.74. The minimum atomic E-state index is -0.802. The van der Waals surface area contributed by atoms with Gasteiger partial charge in [0.2, 0.25) is 5.79 Å². The van der Waals surface area contributed by atoms with E-state index in [1.165, 1.54) is 0 Å². The highest BCUT2D eigenvalue weighted by Crippen LogP contribution is 2.28. The van der Waals surface area contributed by atoms with Crippen molar-refractivity contribution in [2.75, 3.05) is 13.2 Å². The third-order valence-electron chi connectivity index (χ3n) is 2.69. The minimum Gasteiger partial charge on any atom is -0.343 e. The van der Waals surface area contributed by atoms with Crippen LogP contribution in [0, 0.1) is 18.8 Å². The molecule has 2 nitrogen and oxygen atoms in total. The molecule has 1 saturated heterocycles. The van der Waals surface area contributed by atoms with E-state index < -0.39 is 5.79 Å². The van der Waals surface area contributed by atoms with Crippen molar-refractivity contribution in [2.24, 2.45) is 11.8 Å². The van der Waals surface area contributed by atoms with Gasteiger partial charge in [0, 0.05) is 5.92 Å². The second kappa shape index (κ2) is 4.76. The molecule has 0 aromatic rings. The first-order valence-corrected chi connectivity index (χ1v) is 4.98. The van der Waals surface area contributed by atoms with E-state index in [1.54, 1.807) is 12.2 Å². The number of hydrogen-bond donors (Lipinski definition) is 0. The lowest BCUT2D eigenvalue weighted by Crippen LogP contribution is -2.42. The molecule has 2 radical (unpaired) electrons. The SMILES string of the molecule is [CH]C(CC)C1COC(C=C)(C=C)OC1. The molecule has 0 spiro atoms. The molecule has 78 valence electrons. The van der Waals surface area contributed by atoms with Gasteiger partial charge in [0.25, 0.3) is 0 Å². The second-order valence-corrected chi connectivity index (χ2v) is 3.58. The molecular formula is C12H18O2. The normalized spacial score (nSPS) is 24.1. The van der Waals surface area contributed by atoms with Gasteiger partial charge in [-0.05, 0) is 25.0 Å². The Bertz CT molecular complexity index is 192. The van der Waals surface area contributed by atoms with Crippen molar-refractivity contribution < 1.29 is 9.47 Å². The summed E-state index contributed by atoms with van der Waals surface area (Å²) in [7, 11) is 0. The van der Waals surface area contributed by atoms with Crippen molar-refractivity contribution in [1.82, 2.24) is 0 Å². The number of hydrogen-bond acceptors (Lipinski definition) is 2. The van der Waals surface area contributed by atoms with Gasteiger partial charge in [-0.15, -0.1) is 0 Å². The van der Waals surface area contributed by atoms with Gasteiger partial charge in [0.05, 0.1) is 13.2 Å². The fraction of sp³-hybridized carbons (Fsp3) is 0.583. The second-order valence-electron chi connectivity index (χ2n) is 3.58. The van der Waals surface area contributed by atoms with Crippen molar-refractivity contribution >= 4 is 0 Å². The van der Waals surface area contributed by atoms with Crippen LogP contribution in [0.1, 0.15) is 13.3 Å². The molecule has 0 aliphatic carbocycles. The molecule has 2 heteroatoms. The van der Waals surface area contributed by atoms with Gasteiger partial charge in [-0.2, -0.15) is 0 Å². The quantitative estimate of drug-likeness (QED) is 0.640. The van der Waals surface area contributed by atoms with E-state index in [-0.39, 0.29) is 11.8 Å². The third-order valence-corrected chi connectivity index (χ3v) is 2.69. The van der Waals surface area contributed by atoms with Crippen molar-refractivity contribution in [1.29, 1.82) is 0 Å². The summed E-state index contributed by atoms with van der Waals surface area (Å²) in [6.07, 6.45) is 4.17. The molecule has 1 rings (SSSR count). The van der Waals surface area contributed by atoms with Crippen LogP contribution in [0.25, 0.3) is 0 Å². The van der Waals surface area contributed by atoms with Crippen LogP contribution in [-0.4, -0.2) is 19.0 Å². The third kappa shape index (κ3) is 2.25. The van der Waals surface area contributed by atoms with Gasteiger partial charge < -0.3 is 9.47 Å². The standard InChI is InChI=1S/C12H18O2/c1-5-10(4)11-8-13-12(6-2,7-3)14-9-11/h4,6-7,10-11H,2-3,5,8-9H2,1H3. The maximum atomic E-state index is 5.91. The molecule has 1 fully saturated rings. The van der Waals surface area contributed by atoms with Crippen molar-refractivity contribution in [3.63, 3.8) is 0 Å². The van der Waals surface area contributed by atoms with Gasteiger partial charge in [-0.1, -0.05) is 26.5 Å². The Labute approximate surface area is 86.6 Å². The van der Waals surface area contributed by atoms with Crippen molar-refractivity contribution in [2.45, 2.75) is 19.1 Å². The molecule has 0 aromatic carbocycles. The molecule has 0 N–H and O–H groups in total. The van der Waals surface area contributed by atoms with Crippen LogP contribution in [0.4, 0.5) is 0 Å². The maximum Gasteiger partial charge on any atom is 0.207 e. The van der Waals surface area contributed by atoms with E-state index in [0.29, 0.717) is 13.2 Å². The first-order valence-electron chi connectivity index (χ1n) is 4.98. The van der Waals surface area contributed by atoms with Crippen LogP contribution in [0.15, 0.2) is 25.3 Å². The van der Waals surface area contributed by atoms with Gasteiger partial charge in [-0.3, -0.25) is 0 Å². The first-order chi connectivity index (χ1) is 6.67. The number of rotatable bonds is 4. The molecule has 0 aromatic heterocycles. The van der Waals surface area contributed by atoms with E-state index in [2.05, 4.69) is 20.1 Å². The Hall–Kier alpha value is -0.600. The van der Waals surface area contributed by atoms with E-state index in [9.17, 15) is 0 Å². The first kappa shape index (κ1) is 11.5. The highest BCUT2D eigenvalue weighted by atomic mass is 16.7. The van der Waals surface area contributed by atoms with Crippen LogP contribution < -0.4 is 0 Å². The number of ether oxygens (including phenoxy) is 2. The van der Waals surface area contributed by atoms with Crippen molar-refractivity contribution in [3.05, 3.63) is 32.2 Å². The highest BCUT2D eigenvalue weighted by molar-refractivity contribution is 5.04. The van der Waals surface area contributed by atoms with E-state index in [4.69, 9.17) is 16.4 Å². The summed E-state index contributed by atoms with van der Waals surface area (Å²) in [5.41, 5.74) is 0. The Morgan fingerprint density at radius 1 is 1.43 bits per heavy atom. The Morgan fingerprint density at radius 3 is 2.29 bits per heavy atom. The topological polar surface area (TPSA) is 18.5 Å². The fourth-order valence-electron chi connectivity index (χ4n) is 1.46. The molecule has 1 unspecified atom stereocenters. The van der Waals surface area contributed by atoms with Crippen LogP contribution in [0.2, 0.25) is 0 Å². The van der Waals surface area contributed by atoms with E-state index >= 15 is 0 Å². The molecule has 14 heavy (non-hydrogen) atoms. The minimum absolute atomic E-state index is 0.141. The predicted molar refractivity (Wildman–Crippen MR) is 56.6 cm³/mol. The van der Waals surface area contributed by atoms with Crippen LogP contribution in [0.5, 0.6) is 0 Å². The lowest BCUT2D eigenvalue weighted by atomic mass is 9.92. The molecular weight excluding hydrogens is 176 g/mol. The predicted octanol–water partition coefficient (Wildman–Crippen LogP) is 2.45. The Balaban J connectivity index is 2.52. The molecule has 1 aliphatic heterocycles.